The fraction of sp³-hybridized carbons (Fsp3) is 0.412. The van der Waals surface area contributed by atoms with E-state index in [-0.39, 0.29) is 5.91 Å². The fourth-order valence-electron chi connectivity index (χ4n) is 2.70. The number of methoxy groups -OCH3 is 1. The lowest BCUT2D eigenvalue weighted by Crippen LogP contribution is -2.23. The molecule has 22 heavy (non-hydrogen) atoms. The lowest BCUT2D eigenvalue weighted by Gasteiger charge is -2.15. The number of aromatic nitrogens is 1. The minimum absolute atomic E-state index is 0.220. The van der Waals surface area contributed by atoms with Crippen molar-refractivity contribution in [3.05, 3.63) is 34.7 Å². The van der Waals surface area contributed by atoms with Crippen molar-refractivity contribution < 1.29 is 9.53 Å². The summed E-state index contributed by atoms with van der Waals surface area (Å²) in [7, 11) is 1.71. The molecule has 1 aliphatic heterocycles. The number of hydrogen-bond acceptors (Lipinski definition) is 4. The lowest BCUT2D eigenvalue weighted by molar-refractivity contribution is -0.117. The zero-order valence-corrected chi connectivity index (χ0v) is 13.7. The number of amides is 1. The van der Waals surface area contributed by atoms with Gasteiger partial charge in [0.15, 0.2) is 0 Å². The maximum Gasteiger partial charge on any atom is 0.227 e. The Morgan fingerprint density at radius 3 is 2.77 bits per heavy atom. The van der Waals surface area contributed by atoms with Crippen molar-refractivity contribution in [3.63, 3.8) is 0 Å². The highest BCUT2D eigenvalue weighted by Gasteiger charge is 2.21. The van der Waals surface area contributed by atoms with Crippen molar-refractivity contribution in [1.82, 2.24) is 4.98 Å². The van der Waals surface area contributed by atoms with Crippen LogP contribution in [-0.4, -0.2) is 31.2 Å². The van der Waals surface area contributed by atoms with E-state index in [9.17, 15) is 4.79 Å². The first-order valence-electron chi connectivity index (χ1n) is 7.54. The summed E-state index contributed by atoms with van der Waals surface area (Å²) in [6.07, 6.45) is 1.61. The van der Waals surface area contributed by atoms with E-state index in [0.29, 0.717) is 18.9 Å². The van der Waals surface area contributed by atoms with Crippen LogP contribution in [0.4, 0.5) is 5.69 Å². The fourth-order valence-corrected chi connectivity index (χ4v) is 3.57. The maximum atomic E-state index is 11.8. The van der Waals surface area contributed by atoms with Gasteiger partial charge in [-0.1, -0.05) is 19.1 Å². The van der Waals surface area contributed by atoms with Gasteiger partial charge in [0, 0.05) is 42.6 Å². The first kappa shape index (κ1) is 15.2. The van der Waals surface area contributed by atoms with Gasteiger partial charge < -0.3 is 9.64 Å². The highest BCUT2D eigenvalue weighted by molar-refractivity contribution is 7.10. The number of carbonyl (C=O) groups is 1. The van der Waals surface area contributed by atoms with E-state index < -0.39 is 0 Å². The highest BCUT2D eigenvalue weighted by Crippen LogP contribution is 2.29. The van der Waals surface area contributed by atoms with Crippen molar-refractivity contribution in [1.29, 1.82) is 0 Å². The average molecular weight is 316 g/mol. The van der Waals surface area contributed by atoms with Crippen molar-refractivity contribution in [2.24, 2.45) is 0 Å². The minimum atomic E-state index is 0.220. The highest BCUT2D eigenvalue weighted by atomic mass is 32.1. The third-order valence-electron chi connectivity index (χ3n) is 3.91. The van der Waals surface area contributed by atoms with Crippen LogP contribution in [0.25, 0.3) is 11.3 Å². The summed E-state index contributed by atoms with van der Waals surface area (Å²) in [5.74, 6) is 0.530. The third-order valence-corrected chi connectivity index (χ3v) is 4.98. The van der Waals surface area contributed by atoms with E-state index in [2.05, 4.69) is 12.3 Å². The van der Waals surface area contributed by atoms with Crippen LogP contribution in [0.1, 0.15) is 30.7 Å². The molecular formula is C17H20N2O2S. The van der Waals surface area contributed by atoms with Gasteiger partial charge in [-0.15, -0.1) is 11.3 Å². The molecule has 0 radical (unpaired) electrons. The van der Waals surface area contributed by atoms with E-state index in [4.69, 9.17) is 9.72 Å². The van der Waals surface area contributed by atoms with Crippen LogP contribution < -0.4 is 4.90 Å². The van der Waals surface area contributed by atoms with E-state index in [1.165, 1.54) is 0 Å². The summed E-state index contributed by atoms with van der Waals surface area (Å²) in [6.45, 7) is 3.63. The summed E-state index contributed by atoms with van der Waals surface area (Å²) in [5, 5.41) is 3.17. The number of anilines is 1. The number of carbonyl (C=O) groups excluding carboxylic acids is 1. The second kappa shape index (κ2) is 6.58. The van der Waals surface area contributed by atoms with Gasteiger partial charge in [-0.05, 0) is 18.6 Å². The normalized spacial score (nSPS) is 16.3. The Kier molecular flexibility index (Phi) is 4.55. The molecule has 5 heteroatoms. The molecule has 1 aromatic carbocycles. The topological polar surface area (TPSA) is 42.4 Å². The quantitative estimate of drug-likeness (QED) is 0.845. The number of thiazole rings is 1. The smallest absolute Gasteiger partial charge is 0.227 e. The van der Waals surface area contributed by atoms with Gasteiger partial charge in [0.1, 0.15) is 0 Å². The van der Waals surface area contributed by atoms with E-state index in [0.717, 1.165) is 34.9 Å². The van der Waals surface area contributed by atoms with Crippen LogP contribution in [0.3, 0.4) is 0 Å². The SMILES string of the molecule is COCC(C)c1nc(-c2ccc(N3CCCC3=O)cc2)cs1. The first-order valence-corrected chi connectivity index (χ1v) is 8.42. The molecule has 0 aliphatic carbocycles. The van der Waals surface area contributed by atoms with Gasteiger partial charge in [-0.3, -0.25) is 4.79 Å². The molecular weight excluding hydrogens is 296 g/mol. The second-order valence-electron chi connectivity index (χ2n) is 5.62. The molecule has 1 fully saturated rings. The molecule has 1 aromatic heterocycles. The summed E-state index contributed by atoms with van der Waals surface area (Å²) >= 11 is 1.67. The number of nitrogens with zero attached hydrogens (tertiary/aromatic N) is 2. The number of hydrogen-bond donors (Lipinski definition) is 0. The molecule has 1 unspecified atom stereocenters. The lowest BCUT2D eigenvalue weighted by atomic mass is 10.1. The molecule has 2 aromatic rings. The Hall–Kier alpha value is -1.72. The summed E-state index contributed by atoms with van der Waals surface area (Å²) in [5.41, 5.74) is 3.05. The number of rotatable bonds is 5. The monoisotopic (exact) mass is 316 g/mol. The molecule has 116 valence electrons. The van der Waals surface area contributed by atoms with Crippen LogP contribution in [0.15, 0.2) is 29.6 Å². The standard InChI is InChI=1S/C17H20N2O2S/c1-12(10-21-2)17-18-15(11-22-17)13-5-7-14(8-6-13)19-9-3-4-16(19)20/h5-8,11-12H,3-4,9-10H2,1-2H3. The van der Waals surface area contributed by atoms with Gasteiger partial charge in [0.25, 0.3) is 0 Å². The Morgan fingerprint density at radius 2 is 2.14 bits per heavy atom. The van der Waals surface area contributed by atoms with Gasteiger partial charge in [-0.25, -0.2) is 4.98 Å². The Labute approximate surface area is 134 Å². The summed E-state index contributed by atoms with van der Waals surface area (Å²) in [6, 6.07) is 8.10. The molecule has 0 saturated carbocycles. The van der Waals surface area contributed by atoms with Crippen LogP contribution in [-0.2, 0) is 9.53 Å². The van der Waals surface area contributed by atoms with Crippen molar-refractivity contribution >= 4 is 22.9 Å². The Morgan fingerprint density at radius 1 is 1.36 bits per heavy atom. The van der Waals surface area contributed by atoms with Crippen molar-refractivity contribution in [2.75, 3.05) is 25.2 Å². The molecule has 1 amide bonds. The number of ether oxygens (including phenoxy) is 1. The molecule has 0 bridgehead atoms. The van der Waals surface area contributed by atoms with E-state index in [1.807, 2.05) is 29.2 Å². The molecule has 0 N–H and O–H groups in total. The third kappa shape index (κ3) is 3.05. The van der Waals surface area contributed by atoms with Crippen LogP contribution in [0, 0.1) is 0 Å². The van der Waals surface area contributed by atoms with Crippen molar-refractivity contribution in [2.45, 2.75) is 25.7 Å². The summed E-state index contributed by atoms with van der Waals surface area (Å²) in [4.78, 5) is 18.3. The van der Waals surface area contributed by atoms with Gasteiger partial charge in [0.2, 0.25) is 5.91 Å². The van der Waals surface area contributed by atoms with Crippen LogP contribution >= 0.6 is 11.3 Å². The molecule has 1 saturated heterocycles. The largest absolute Gasteiger partial charge is 0.384 e. The summed E-state index contributed by atoms with van der Waals surface area (Å²) < 4.78 is 5.18. The zero-order chi connectivity index (χ0) is 15.5. The number of benzene rings is 1. The minimum Gasteiger partial charge on any atom is -0.384 e. The maximum absolute atomic E-state index is 11.8. The zero-order valence-electron chi connectivity index (χ0n) is 12.9. The predicted molar refractivity (Wildman–Crippen MR) is 89.4 cm³/mol. The van der Waals surface area contributed by atoms with Gasteiger partial charge >= 0.3 is 0 Å². The molecule has 3 rings (SSSR count). The van der Waals surface area contributed by atoms with Gasteiger partial charge in [-0.2, -0.15) is 0 Å². The molecule has 2 heterocycles. The molecule has 1 atom stereocenters. The Bertz CT molecular complexity index is 651. The van der Waals surface area contributed by atoms with Crippen LogP contribution in [0.5, 0.6) is 0 Å². The molecule has 4 nitrogen and oxygen atoms in total. The van der Waals surface area contributed by atoms with Crippen LogP contribution in [0.2, 0.25) is 0 Å². The average Bonchev–Trinajstić information content (AvgIpc) is 3.17. The Balaban J connectivity index is 1.77. The predicted octanol–water partition coefficient (Wildman–Crippen LogP) is 3.69. The van der Waals surface area contributed by atoms with E-state index >= 15 is 0 Å². The second-order valence-corrected chi connectivity index (χ2v) is 6.51. The molecule has 1 aliphatic rings. The van der Waals surface area contributed by atoms with Crippen molar-refractivity contribution in [3.8, 4) is 11.3 Å². The first-order chi connectivity index (χ1) is 10.7. The van der Waals surface area contributed by atoms with Gasteiger partial charge in [0.05, 0.1) is 17.3 Å². The molecule has 0 spiro atoms. The van der Waals surface area contributed by atoms with E-state index in [1.54, 1.807) is 18.4 Å².